The van der Waals surface area contributed by atoms with Crippen LogP contribution in [0.5, 0.6) is 5.75 Å². The van der Waals surface area contributed by atoms with E-state index >= 15 is 0 Å². The van der Waals surface area contributed by atoms with Crippen molar-refractivity contribution >= 4 is 5.90 Å². The summed E-state index contributed by atoms with van der Waals surface area (Å²) in [5.74, 6) is 0.599. The van der Waals surface area contributed by atoms with Crippen molar-refractivity contribution in [1.29, 1.82) is 0 Å². The molecule has 0 radical (unpaired) electrons. The van der Waals surface area contributed by atoms with Gasteiger partial charge in [-0.05, 0) is 53.4 Å². The van der Waals surface area contributed by atoms with E-state index in [4.69, 9.17) is 9.57 Å². The Morgan fingerprint density at radius 1 is 1.00 bits per heavy atom. The molecule has 2 aromatic carbocycles. The number of oxime groups is 1. The minimum absolute atomic E-state index is 0.200. The maximum atomic E-state index is 9.47. The summed E-state index contributed by atoms with van der Waals surface area (Å²) in [7, 11) is 0. The fourth-order valence-corrected chi connectivity index (χ4v) is 2.44. The van der Waals surface area contributed by atoms with Crippen molar-refractivity contribution in [2.45, 2.75) is 19.4 Å². The molecule has 0 atom stereocenters. The summed E-state index contributed by atoms with van der Waals surface area (Å²) in [6.07, 6.45) is 8.26. The molecule has 0 aliphatic heterocycles. The van der Waals surface area contributed by atoms with Crippen LogP contribution in [0.1, 0.15) is 24.0 Å². The Hall–Kier alpha value is -3.01. The Balaban J connectivity index is 1.69. The van der Waals surface area contributed by atoms with Crippen LogP contribution >= 0.6 is 0 Å². The topological polar surface area (TPSA) is 51.1 Å². The van der Waals surface area contributed by atoms with Gasteiger partial charge in [0.25, 0.3) is 5.90 Å². The molecule has 0 bridgehead atoms. The van der Waals surface area contributed by atoms with Gasteiger partial charge in [-0.1, -0.05) is 48.6 Å². The molecule has 1 aliphatic rings. The van der Waals surface area contributed by atoms with Gasteiger partial charge in [0.1, 0.15) is 19.0 Å². The van der Waals surface area contributed by atoms with Crippen LogP contribution < -0.4 is 0 Å². The first-order valence-corrected chi connectivity index (χ1v) is 8.32. The highest BCUT2D eigenvalue weighted by atomic mass is 16.6. The molecular formula is C21H21NO3. The summed E-state index contributed by atoms with van der Waals surface area (Å²) >= 11 is 0. The predicted octanol–water partition coefficient (Wildman–Crippen LogP) is 4.56. The van der Waals surface area contributed by atoms with Gasteiger partial charge in [0.15, 0.2) is 0 Å². The molecule has 25 heavy (non-hydrogen) atoms. The fraction of sp³-hybridized carbons (Fsp3) is 0.190. The van der Waals surface area contributed by atoms with Crippen LogP contribution in [-0.4, -0.2) is 17.6 Å². The third-order valence-electron chi connectivity index (χ3n) is 3.83. The van der Waals surface area contributed by atoms with Crippen molar-refractivity contribution in [2.75, 3.05) is 6.61 Å². The second-order valence-electron chi connectivity index (χ2n) is 5.78. The van der Waals surface area contributed by atoms with E-state index in [0.29, 0.717) is 19.1 Å². The number of ether oxygens (including phenoxy) is 1. The van der Waals surface area contributed by atoms with Gasteiger partial charge >= 0.3 is 0 Å². The van der Waals surface area contributed by atoms with Gasteiger partial charge in [-0.15, -0.1) is 0 Å². The number of rotatable bonds is 6. The van der Waals surface area contributed by atoms with Crippen molar-refractivity contribution < 1.29 is 14.7 Å². The number of aromatic hydroxyl groups is 1. The highest BCUT2D eigenvalue weighted by molar-refractivity contribution is 5.93. The highest BCUT2D eigenvalue weighted by Crippen LogP contribution is 2.15. The SMILES string of the molecule is Oc1ccc(/C(=N/OCC2=CC=CCC2)OCc2ccccc2)cc1. The second-order valence-corrected chi connectivity index (χ2v) is 5.78. The zero-order valence-electron chi connectivity index (χ0n) is 14.0. The molecule has 0 amide bonds. The number of phenols is 1. The fourth-order valence-electron chi connectivity index (χ4n) is 2.44. The summed E-state index contributed by atoms with van der Waals surface area (Å²) in [6.45, 7) is 0.843. The van der Waals surface area contributed by atoms with Gasteiger partial charge in [-0.3, -0.25) is 0 Å². The highest BCUT2D eigenvalue weighted by Gasteiger charge is 2.08. The average Bonchev–Trinajstić information content (AvgIpc) is 2.67. The van der Waals surface area contributed by atoms with Crippen LogP contribution in [0.3, 0.4) is 0 Å². The first kappa shape index (κ1) is 16.8. The monoisotopic (exact) mass is 335 g/mol. The number of allylic oxidation sites excluding steroid dienone is 3. The third-order valence-corrected chi connectivity index (χ3v) is 3.83. The molecule has 0 heterocycles. The van der Waals surface area contributed by atoms with Gasteiger partial charge in [0, 0.05) is 5.56 Å². The van der Waals surface area contributed by atoms with E-state index in [1.54, 1.807) is 24.3 Å². The molecule has 4 heteroatoms. The molecule has 4 nitrogen and oxygen atoms in total. The molecule has 0 saturated carbocycles. The number of hydrogen-bond donors (Lipinski definition) is 1. The van der Waals surface area contributed by atoms with E-state index in [2.05, 4.69) is 17.3 Å². The lowest BCUT2D eigenvalue weighted by atomic mass is 10.1. The summed E-state index contributed by atoms with van der Waals surface area (Å²) in [6, 6.07) is 16.6. The summed E-state index contributed by atoms with van der Waals surface area (Å²) in [5.41, 5.74) is 3.01. The van der Waals surface area contributed by atoms with Crippen LogP contribution in [0, 0.1) is 0 Å². The summed E-state index contributed by atoms with van der Waals surface area (Å²) in [5, 5.41) is 13.6. The van der Waals surface area contributed by atoms with E-state index in [1.165, 1.54) is 5.57 Å². The van der Waals surface area contributed by atoms with Crippen LogP contribution in [0.2, 0.25) is 0 Å². The number of nitrogens with zero attached hydrogens (tertiary/aromatic N) is 1. The van der Waals surface area contributed by atoms with Gasteiger partial charge in [-0.25, -0.2) is 0 Å². The van der Waals surface area contributed by atoms with Crippen LogP contribution in [0.4, 0.5) is 0 Å². The summed E-state index contributed by atoms with van der Waals surface area (Å²) < 4.78 is 5.85. The van der Waals surface area contributed by atoms with E-state index in [0.717, 1.165) is 24.0 Å². The van der Waals surface area contributed by atoms with Crippen molar-refractivity contribution in [3.63, 3.8) is 0 Å². The van der Waals surface area contributed by atoms with Crippen molar-refractivity contribution in [3.05, 3.63) is 89.5 Å². The van der Waals surface area contributed by atoms with Crippen molar-refractivity contribution in [3.8, 4) is 5.75 Å². The van der Waals surface area contributed by atoms with E-state index in [-0.39, 0.29) is 5.75 Å². The molecule has 3 rings (SSSR count). The maximum absolute atomic E-state index is 9.47. The molecule has 1 aliphatic carbocycles. The van der Waals surface area contributed by atoms with Crippen LogP contribution in [0.25, 0.3) is 0 Å². The van der Waals surface area contributed by atoms with Gasteiger partial charge in [-0.2, -0.15) is 0 Å². The number of phenolic OH excluding ortho intramolecular Hbond substituents is 1. The third kappa shape index (κ3) is 5.24. The first-order valence-electron chi connectivity index (χ1n) is 8.32. The number of hydrogen-bond acceptors (Lipinski definition) is 4. The number of benzene rings is 2. The molecule has 0 spiro atoms. The van der Waals surface area contributed by atoms with Crippen molar-refractivity contribution in [1.82, 2.24) is 0 Å². The largest absolute Gasteiger partial charge is 0.508 e. The summed E-state index contributed by atoms with van der Waals surface area (Å²) in [4.78, 5) is 5.51. The molecule has 2 aromatic rings. The zero-order valence-corrected chi connectivity index (χ0v) is 14.0. The van der Waals surface area contributed by atoms with Gasteiger partial charge < -0.3 is 14.7 Å². The Labute approximate surface area is 147 Å². The van der Waals surface area contributed by atoms with E-state index in [1.807, 2.05) is 36.4 Å². The molecule has 0 aromatic heterocycles. The standard InChI is InChI=1S/C21H21NO3/c23-20-13-11-19(12-14-20)21(24-15-17-7-3-1-4-8-17)22-25-16-18-9-5-2-6-10-18/h1-5,7-9,11-14,23H,6,10,15-16H2/b22-21-. The molecule has 0 fully saturated rings. The normalized spacial score (nSPS) is 14.1. The molecule has 0 unspecified atom stereocenters. The molecular weight excluding hydrogens is 314 g/mol. The Morgan fingerprint density at radius 2 is 1.80 bits per heavy atom. The quantitative estimate of drug-likeness (QED) is 0.478. The minimum atomic E-state index is 0.200. The van der Waals surface area contributed by atoms with Gasteiger partial charge in [0.05, 0.1) is 0 Å². The second kappa shape index (κ2) is 8.73. The molecule has 128 valence electrons. The lowest BCUT2D eigenvalue weighted by molar-refractivity contribution is 0.150. The molecule has 0 saturated heterocycles. The maximum Gasteiger partial charge on any atom is 0.257 e. The van der Waals surface area contributed by atoms with E-state index in [9.17, 15) is 5.11 Å². The molecule has 1 N–H and O–H groups in total. The zero-order chi connectivity index (χ0) is 17.3. The Morgan fingerprint density at radius 3 is 2.52 bits per heavy atom. The Kier molecular flexibility index (Phi) is 5.88. The van der Waals surface area contributed by atoms with Crippen molar-refractivity contribution in [2.24, 2.45) is 5.16 Å². The van der Waals surface area contributed by atoms with Crippen LogP contribution in [0.15, 0.2) is 83.6 Å². The minimum Gasteiger partial charge on any atom is -0.508 e. The average molecular weight is 335 g/mol. The lowest BCUT2D eigenvalue weighted by Gasteiger charge is -2.11. The first-order chi connectivity index (χ1) is 12.3. The van der Waals surface area contributed by atoms with E-state index < -0.39 is 0 Å². The Bertz CT molecular complexity index is 761. The predicted molar refractivity (Wildman–Crippen MR) is 98.3 cm³/mol. The van der Waals surface area contributed by atoms with Crippen LogP contribution in [-0.2, 0) is 16.2 Å². The lowest BCUT2D eigenvalue weighted by Crippen LogP contribution is -2.09. The smallest absolute Gasteiger partial charge is 0.257 e. The van der Waals surface area contributed by atoms with Gasteiger partial charge in [0.2, 0.25) is 0 Å².